The van der Waals surface area contributed by atoms with Gasteiger partial charge in [0.2, 0.25) is 0 Å². The molecule has 0 radical (unpaired) electrons. The van der Waals surface area contributed by atoms with Crippen LogP contribution in [-0.4, -0.2) is 15.8 Å². The number of carbonyl (C=O) groups is 1. The third-order valence-electron chi connectivity index (χ3n) is 4.32. The molecule has 0 spiro atoms. The maximum absolute atomic E-state index is 12.9. The van der Waals surface area contributed by atoms with Crippen LogP contribution in [0.2, 0.25) is 0 Å². The normalized spacial score (nSPS) is 11.1. The molecule has 1 N–H and O–H groups in total. The molecular formula is C23H16N2O2. The topological polar surface area (TPSA) is 62.8 Å². The lowest BCUT2D eigenvalue weighted by atomic mass is 9.95. The lowest BCUT2D eigenvalue weighted by Crippen LogP contribution is -2.19. The minimum atomic E-state index is -0.442. The standard InChI is InChI=1S/C23H16N2O2/c26-19(14-13-16-8-3-1-4-9-16)21-20(17-10-5-2-6-11-17)18-12-7-15-24-22(18)25-23(21)27/h1-15H,(H,24,25,27)/b14-13+. The van der Waals surface area contributed by atoms with E-state index in [1.807, 2.05) is 66.7 Å². The van der Waals surface area contributed by atoms with Gasteiger partial charge in [-0.15, -0.1) is 0 Å². The summed E-state index contributed by atoms with van der Waals surface area (Å²) >= 11 is 0. The zero-order valence-electron chi connectivity index (χ0n) is 14.4. The first-order valence-electron chi connectivity index (χ1n) is 8.58. The highest BCUT2D eigenvalue weighted by atomic mass is 16.1. The van der Waals surface area contributed by atoms with E-state index in [0.717, 1.165) is 16.5 Å². The van der Waals surface area contributed by atoms with Crippen LogP contribution in [0.5, 0.6) is 0 Å². The number of aromatic nitrogens is 2. The number of aromatic amines is 1. The largest absolute Gasteiger partial charge is 0.306 e. The lowest BCUT2D eigenvalue weighted by Gasteiger charge is -2.10. The van der Waals surface area contributed by atoms with Crippen molar-refractivity contribution in [2.75, 3.05) is 0 Å². The van der Waals surface area contributed by atoms with Crippen LogP contribution in [0.4, 0.5) is 0 Å². The summed E-state index contributed by atoms with van der Waals surface area (Å²) in [7, 11) is 0. The Morgan fingerprint density at radius 3 is 2.33 bits per heavy atom. The molecule has 0 saturated heterocycles. The lowest BCUT2D eigenvalue weighted by molar-refractivity contribution is 0.104. The van der Waals surface area contributed by atoms with Gasteiger partial charge in [0.25, 0.3) is 5.56 Å². The Bertz CT molecular complexity index is 1190. The zero-order chi connectivity index (χ0) is 18.6. The van der Waals surface area contributed by atoms with E-state index in [-0.39, 0.29) is 11.3 Å². The molecule has 2 aromatic heterocycles. The Morgan fingerprint density at radius 1 is 0.889 bits per heavy atom. The summed E-state index contributed by atoms with van der Waals surface area (Å²) in [5.41, 5.74) is 2.44. The van der Waals surface area contributed by atoms with Gasteiger partial charge in [0.15, 0.2) is 5.78 Å². The van der Waals surface area contributed by atoms with Crippen molar-refractivity contribution in [3.05, 3.63) is 107 Å². The fourth-order valence-corrected chi connectivity index (χ4v) is 3.08. The van der Waals surface area contributed by atoms with Crippen molar-refractivity contribution in [2.45, 2.75) is 0 Å². The minimum Gasteiger partial charge on any atom is -0.306 e. The Kier molecular flexibility index (Phi) is 4.45. The predicted molar refractivity (Wildman–Crippen MR) is 108 cm³/mol. The van der Waals surface area contributed by atoms with Gasteiger partial charge < -0.3 is 4.98 Å². The van der Waals surface area contributed by atoms with Gasteiger partial charge in [-0.2, -0.15) is 0 Å². The SMILES string of the molecule is O=C(/C=C/c1ccccc1)c1c(-c2ccccc2)c2cccnc2[nH]c1=O. The molecule has 0 saturated carbocycles. The molecule has 4 aromatic rings. The van der Waals surface area contributed by atoms with Gasteiger partial charge in [-0.3, -0.25) is 9.59 Å². The molecule has 0 amide bonds. The van der Waals surface area contributed by atoms with Crippen molar-refractivity contribution in [1.82, 2.24) is 9.97 Å². The quantitative estimate of drug-likeness (QED) is 0.435. The number of rotatable bonds is 4. The summed E-state index contributed by atoms with van der Waals surface area (Å²) in [4.78, 5) is 32.6. The van der Waals surface area contributed by atoms with Crippen molar-refractivity contribution in [1.29, 1.82) is 0 Å². The van der Waals surface area contributed by atoms with Crippen LogP contribution in [0.25, 0.3) is 28.2 Å². The average Bonchev–Trinajstić information content (AvgIpc) is 2.72. The number of nitrogens with zero attached hydrogens (tertiary/aromatic N) is 1. The highest BCUT2D eigenvalue weighted by Crippen LogP contribution is 2.29. The van der Waals surface area contributed by atoms with E-state index in [2.05, 4.69) is 9.97 Å². The van der Waals surface area contributed by atoms with E-state index in [4.69, 9.17) is 0 Å². The van der Waals surface area contributed by atoms with Gasteiger partial charge in [-0.05, 0) is 29.3 Å². The van der Waals surface area contributed by atoms with E-state index >= 15 is 0 Å². The molecule has 0 aliphatic heterocycles. The van der Waals surface area contributed by atoms with Crippen molar-refractivity contribution in [2.24, 2.45) is 0 Å². The van der Waals surface area contributed by atoms with E-state index < -0.39 is 5.56 Å². The number of hydrogen-bond donors (Lipinski definition) is 1. The zero-order valence-corrected chi connectivity index (χ0v) is 14.4. The van der Waals surface area contributed by atoms with Crippen LogP contribution < -0.4 is 5.56 Å². The first-order valence-corrected chi connectivity index (χ1v) is 8.58. The van der Waals surface area contributed by atoms with Gasteiger partial charge in [0.1, 0.15) is 5.65 Å². The molecule has 0 aliphatic rings. The number of pyridine rings is 2. The summed E-state index contributed by atoms with van der Waals surface area (Å²) in [6, 6.07) is 22.6. The summed E-state index contributed by atoms with van der Waals surface area (Å²) < 4.78 is 0. The Hall–Kier alpha value is -3.79. The van der Waals surface area contributed by atoms with Crippen LogP contribution in [0.1, 0.15) is 15.9 Å². The highest BCUT2D eigenvalue weighted by Gasteiger charge is 2.19. The molecule has 4 nitrogen and oxygen atoms in total. The monoisotopic (exact) mass is 352 g/mol. The fourth-order valence-electron chi connectivity index (χ4n) is 3.08. The summed E-state index contributed by atoms with van der Waals surface area (Å²) in [6.07, 6.45) is 4.77. The molecule has 0 atom stereocenters. The molecule has 0 bridgehead atoms. The fraction of sp³-hybridized carbons (Fsp3) is 0. The third-order valence-corrected chi connectivity index (χ3v) is 4.32. The molecule has 2 heterocycles. The van der Waals surface area contributed by atoms with Crippen LogP contribution in [0, 0.1) is 0 Å². The Labute approximate surface area is 155 Å². The Balaban J connectivity index is 1.92. The first-order chi connectivity index (χ1) is 13.2. The average molecular weight is 352 g/mol. The van der Waals surface area contributed by atoms with Crippen LogP contribution >= 0.6 is 0 Å². The molecule has 2 aromatic carbocycles. The number of carbonyl (C=O) groups excluding carboxylic acids is 1. The van der Waals surface area contributed by atoms with E-state index in [1.54, 1.807) is 18.3 Å². The summed E-state index contributed by atoms with van der Waals surface area (Å²) in [5.74, 6) is -0.343. The van der Waals surface area contributed by atoms with Crippen LogP contribution in [0.15, 0.2) is 89.9 Å². The number of allylic oxidation sites excluding steroid dienone is 1. The molecule has 0 fully saturated rings. The maximum atomic E-state index is 12.9. The maximum Gasteiger partial charge on any atom is 0.261 e. The number of nitrogens with one attached hydrogen (secondary N) is 1. The number of benzene rings is 2. The van der Waals surface area contributed by atoms with Crippen LogP contribution in [-0.2, 0) is 0 Å². The second kappa shape index (κ2) is 7.22. The van der Waals surface area contributed by atoms with Crippen molar-refractivity contribution in [3.8, 4) is 11.1 Å². The minimum absolute atomic E-state index is 0.119. The molecule has 4 rings (SSSR count). The summed E-state index contributed by atoms with van der Waals surface area (Å²) in [5, 5.41) is 0.736. The molecule has 0 unspecified atom stereocenters. The van der Waals surface area contributed by atoms with Gasteiger partial charge in [-0.25, -0.2) is 4.98 Å². The molecule has 0 aliphatic carbocycles. The van der Waals surface area contributed by atoms with Crippen molar-refractivity contribution >= 4 is 22.9 Å². The second-order valence-corrected chi connectivity index (χ2v) is 6.08. The Morgan fingerprint density at radius 2 is 1.59 bits per heavy atom. The number of H-pyrrole nitrogens is 1. The van der Waals surface area contributed by atoms with Crippen molar-refractivity contribution < 1.29 is 4.79 Å². The number of fused-ring (bicyclic) bond motifs is 1. The highest BCUT2D eigenvalue weighted by molar-refractivity contribution is 6.14. The number of hydrogen-bond acceptors (Lipinski definition) is 3. The van der Waals surface area contributed by atoms with Gasteiger partial charge >= 0.3 is 0 Å². The van der Waals surface area contributed by atoms with Gasteiger partial charge in [-0.1, -0.05) is 66.7 Å². The van der Waals surface area contributed by atoms with Gasteiger partial charge in [0, 0.05) is 17.1 Å². The number of ketones is 1. The molecule has 130 valence electrons. The molecular weight excluding hydrogens is 336 g/mol. The van der Waals surface area contributed by atoms with Crippen LogP contribution in [0.3, 0.4) is 0 Å². The van der Waals surface area contributed by atoms with E-state index in [9.17, 15) is 9.59 Å². The first kappa shape index (κ1) is 16.7. The molecule has 27 heavy (non-hydrogen) atoms. The smallest absolute Gasteiger partial charge is 0.261 e. The molecule has 4 heteroatoms. The predicted octanol–water partition coefficient (Wildman–Crippen LogP) is 4.49. The summed E-state index contributed by atoms with van der Waals surface area (Å²) in [6.45, 7) is 0. The second-order valence-electron chi connectivity index (χ2n) is 6.08. The van der Waals surface area contributed by atoms with Crippen molar-refractivity contribution in [3.63, 3.8) is 0 Å². The third kappa shape index (κ3) is 3.33. The van der Waals surface area contributed by atoms with E-state index in [1.165, 1.54) is 6.08 Å². The van der Waals surface area contributed by atoms with E-state index in [0.29, 0.717) is 11.2 Å². The van der Waals surface area contributed by atoms with Gasteiger partial charge in [0.05, 0.1) is 5.56 Å².